The second kappa shape index (κ2) is 10.5. The molecule has 1 aromatic heterocycles. The maximum absolute atomic E-state index is 13.9. The smallest absolute Gasteiger partial charge is 0.246 e. The zero-order valence-corrected chi connectivity index (χ0v) is 20.3. The lowest BCUT2D eigenvalue weighted by Gasteiger charge is -2.37. The van der Waals surface area contributed by atoms with Crippen molar-refractivity contribution in [3.05, 3.63) is 59.9 Å². The summed E-state index contributed by atoms with van der Waals surface area (Å²) < 4.78 is 29.2. The van der Waals surface area contributed by atoms with Gasteiger partial charge in [-0.25, -0.2) is 13.8 Å². The number of rotatable bonds is 7. The number of piperazine rings is 1. The Morgan fingerprint density at radius 2 is 1.74 bits per heavy atom. The molecule has 35 heavy (non-hydrogen) atoms. The molecule has 4 rings (SSSR count). The fourth-order valence-electron chi connectivity index (χ4n) is 4.63. The maximum Gasteiger partial charge on any atom is 0.246 e. The van der Waals surface area contributed by atoms with Gasteiger partial charge in [-0.15, -0.1) is 0 Å². The van der Waals surface area contributed by atoms with Crippen molar-refractivity contribution in [2.45, 2.75) is 33.2 Å². The van der Waals surface area contributed by atoms with Gasteiger partial charge in [0.25, 0.3) is 0 Å². The molecule has 0 saturated carbocycles. The van der Waals surface area contributed by atoms with Crippen molar-refractivity contribution in [3.63, 3.8) is 0 Å². The Bertz CT molecular complexity index is 1220. The lowest BCUT2D eigenvalue weighted by atomic mass is 10.0. The quantitative estimate of drug-likeness (QED) is 0.554. The second-order valence-electron chi connectivity index (χ2n) is 9.26. The van der Waals surface area contributed by atoms with E-state index in [1.807, 2.05) is 49.9 Å². The summed E-state index contributed by atoms with van der Waals surface area (Å²) in [5, 5.41) is 2.99. The maximum atomic E-state index is 13.9. The van der Waals surface area contributed by atoms with Crippen LogP contribution in [0.15, 0.2) is 42.7 Å². The average molecular weight is 484 g/mol. The lowest BCUT2D eigenvalue weighted by molar-refractivity contribution is -0.137. The molecule has 0 bridgehead atoms. The largest absolute Gasteiger partial charge is 0.338 e. The van der Waals surface area contributed by atoms with Crippen LogP contribution in [-0.4, -0.2) is 63.9 Å². The summed E-state index contributed by atoms with van der Waals surface area (Å²) in [6.45, 7) is 8.25. The first kappa shape index (κ1) is 24.8. The normalized spacial score (nSPS) is 15.5. The third-order valence-electron chi connectivity index (χ3n) is 6.52. The van der Waals surface area contributed by atoms with Crippen LogP contribution in [0.3, 0.4) is 0 Å². The summed E-state index contributed by atoms with van der Waals surface area (Å²) in [4.78, 5) is 34.1. The zero-order valence-electron chi connectivity index (χ0n) is 20.3. The SMILES string of the molecule is CCc1ccccc1NC(=O)CN1CCN(C(=O)C(C(C)C)n2cnc3cc(F)c(F)cc32)CC1. The number of nitrogens with zero attached hydrogens (tertiary/aromatic N) is 4. The molecule has 1 fully saturated rings. The molecule has 2 aromatic carbocycles. The Morgan fingerprint density at radius 1 is 1.06 bits per heavy atom. The molecular weight excluding hydrogens is 452 g/mol. The highest BCUT2D eigenvalue weighted by Crippen LogP contribution is 2.27. The van der Waals surface area contributed by atoms with Crippen molar-refractivity contribution in [3.8, 4) is 0 Å². The number of amides is 2. The van der Waals surface area contributed by atoms with Gasteiger partial charge in [-0.3, -0.25) is 14.5 Å². The molecule has 2 heterocycles. The van der Waals surface area contributed by atoms with Gasteiger partial charge >= 0.3 is 0 Å². The lowest BCUT2D eigenvalue weighted by Crippen LogP contribution is -2.52. The summed E-state index contributed by atoms with van der Waals surface area (Å²) >= 11 is 0. The molecule has 1 aliphatic rings. The predicted molar refractivity (Wildman–Crippen MR) is 131 cm³/mol. The Balaban J connectivity index is 1.39. The fourth-order valence-corrected chi connectivity index (χ4v) is 4.63. The number of benzene rings is 2. The minimum absolute atomic E-state index is 0.0788. The van der Waals surface area contributed by atoms with Gasteiger partial charge in [-0.2, -0.15) is 0 Å². The molecule has 0 spiro atoms. The first-order valence-corrected chi connectivity index (χ1v) is 12.0. The summed E-state index contributed by atoms with van der Waals surface area (Å²) in [7, 11) is 0. The number of hydrogen-bond donors (Lipinski definition) is 1. The highest BCUT2D eigenvalue weighted by Gasteiger charge is 2.32. The zero-order chi connectivity index (χ0) is 25.1. The van der Waals surface area contributed by atoms with E-state index in [0.29, 0.717) is 37.2 Å². The van der Waals surface area contributed by atoms with Crippen LogP contribution in [0.2, 0.25) is 0 Å². The van der Waals surface area contributed by atoms with Crippen LogP contribution in [0.4, 0.5) is 14.5 Å². The van der Waals surface area contributed by atoms with Crippen LogP contribution in [0.1, 0.15) is 32.4 Å². The number of imidazole rings is 1. The summed E-state index contributed by atoms with van der Waals surface area (Å²) in [5.41, 5.74) is 2.62. The molecule has 1 N–H and O–H groups in total. The number of fused-ring (bicyclic) bond motifs is 1. The van der Waals surface area contributed by atoms with Gasteiger partial charge in [0, 0.05) is 44.0 Å². The van der Waals surface area contributed by atoms with E-state index < -0.39 is 17.7 Å². The Kier molecular flexibility index (Phi) is 7.45. The highest BCUT2D eigenvalue weighted by molar-refractivity contribution is 5.93. The number of anilines is 1. The van der Waals surface area contributed by atoms with Crippen molar-refractivity contribution in [1.29, 1.82) is 0 Å². The molecule has 2 amide bonds. The Morgan fingerprint density at radius 3 is 2.43 bits per heavy atom. The molecule has 1 unspecified atom stereocenters. The van der Waals surface area contributed by atoms with Gasteiger partial charge < -0.3 is 14.8 Å². The van der Waals surface area contributed by atoms with Crippen molar-refractivity contribution >= 4 is 28.5 Å². The van der Waals surface area contributed by atoms with Gasteiger partial charge in [-0.05, 0) is 24.0 Å². The van der Waals surface area contributed by atoms with Crippen LogP contribution in [-0.2, 0) is 16.0 Å². The number of para-hydroxylation sites is 1. The van der Waals surface area contributed by atoms with Crippen molar-refractivity contribution in [2.75, 3.05) is 38.0 Å². The molecule has 0 aliphatic carbocycles. The number of carbonyl (C=O) groups is 2. The molecule has 1 atom stereocenters. The van der Waals surface area contributed by atoms with Gasteiger partial charge in [-0.1, -0.05) is 39.0 Å². The average Bonchev–Trinajstić information content (AvgIpc) is 3.22. The van der Waals surface area contributed by atoms with E-state index in [1.54, 1.807) is 9.47 Å². The van der Waals surface area contributed by atoms with E-state index in [-0.39, 0.29) is 24.3 Å². The number of halogens is 2. The fraction of sp³-hybridized carbons (Fsp3) is 0.423. The molecule has 3 aromatic rings. The van der Waals surface area contributed by atoms with Crippen LogP contribution < -0.4 is 5.32 Å². The van der Waals surface area contributed by atoms with Crippen LogP contribution in [0.5, 0.6) is 0 Å². The number of aromatic nitrogens is 2. The molecular formula is C26H31F2N5O2. The second-order valence-corrected chi connectivity index (χ2v) is 9.26. The monoisotopic (exact) mass is 483 g/mol. The number of nitrogens with one attached hydrogen (secondary N) is 1. The van der Waals surface area contributed by atoms with Gasteiger partial charge in [0.2, 0.25) is 11.8 Å². The molecule has 186 valence electrons. The summed E-state index contributed by atoms with van der Waals surface area (Å²) in [5.74, 6) is -2.19. The van der Waals surface area contributed by atoms with E-state index in [0.717, 1.165) is 29.8 Å². The topological polar surface area (TPSA) is 70.5 Å². The Labute approximate surface area is 203 Å². The number of hydrogen-bond acceptors (Lipinski definition) is 4. The minimum atomic E-state index is -0.970. The molecule has 9 heteroatoms. The molecule has 1 saturated heterocycles. The summed E-state index contributed by atoms with van der Waals surface area (Å²) in [6, 6.07) is 9.30. The number of carbonyl (C=O) groups excluding carboxylic acids is 2. The van der Waals surface area contributed by atoms with Crippen LogP contribution in [0, 0.1) is 17.6 Å². The third-order valence-corrected chi connectivity index (χ3v) is 6.52. The highest BCUT2D eigenvalue weighted by atomic mass is 19.2. The van der Waals surface area contributed by atoms with E-state index in [2.05, 4.69) is 10.3 Å². The standard InChI is InChI=1S/C26H31F2N5O2/c1-4-18-7-5-6-8-21(18)30-24(34)15-31-9-11-32(12-10-31)26(35)25(17(2)3)33-16-29-22-13-19(27)20(28)14-23(22)33/h5-8,13-14,16-17,25H,4,9-12,15H2,1-3H3,(H,30,34). The summed E-state index contributed by atoms with van der Waals surface area (Å²) in [6.07, 6.45) is 2.31. The van der Waals surface area contributed by atoms with Crippen molar-refractivity contribution < 1.29 is 18.4 Å². The van der Waals surface area contributed by atoms with E-state index in [9.17, 15) is 18.4 Å². The van der Waals surface area contributed by atoms with E-state index >= 15 is 0 Å². The molecule has 0 radical (unpaired) electrons. The van der Waals surface area contributed by atoms with Crippen molar-refractivity contribution in [1.82, 2.24) is 19.4 Å². The van der Waals surface area contributed by atoms with Crippen LogP contribution >= 0.6 is 0 Å². The van der Waals surface area contributed by atoms with Gasteiger partial charge in [0.1, 0.15) is 6.04 Å². The van der Waals surface area contributed by atoms with Crippen molar-refractivity contribution in [2.24, 2.45) is 5.92 Å². The van der Waals surface area contributed by atoms with Gasteiger partial charge in [0.05, 0.1) is 23.9 Å². The predicted octanol–water partition coefficient (Wildman–Crippen LogP) is 3.86. The first-order chi connectivity index (χ1) is 16.8. The molecule has 1 aliphatic heterocycles. The molecule has 7 nitrogen and oxygen atoms in total. The first-order valence-electron chi connectivity index (χ1n) is 12.0. The van der Waals surface area contributed by atoms with E-state index in [1.165, 1.54) is 6.33 Å². The van der Waals surface area contributed by atoms with Gasteiger partial charge in [0.15, 0.2) is 11.6 Å². The minimum Gasteiger partial charge on any atom is -0.338 e. The Hall–Kier alpha value is -3.33. The van der Waals surface area contributed by atoms with E-state index in [4.69, 9.17) is 0 Å². The number of aryl methyl sites for hydroxylation is 1. The van der Waals surface area contributed by atoms with Crippen LogP contribution in [0.25, 0.3) is 11.0 Å². The third kappa shape index (κ3) is 5.35.